The fraction of sp³-hybridized carbons (Fsp3) is 0.562. The van der Waals surface area contributed by atoms with Crippen molar-refractivity contribution in [3.8, 4) is 5.75 Å². The van der Waals surface area contributed by atoms with Crippen LogP contribution < -0.4 is 15.4 Å². The van der Waals surface area contributed by atoms with Crippen molar-refractivity contribution in [2.45, 2.75) is 26.2 Å². The molecule has 22 heavy (non-hydrogen) atoms. The lowest BCUT2D eigenvalue weighted by molar-refractivity contribution is -0.117. The van der Waals surface area contributed by atoms with E-state index in [1.807, 2.05) is 0 Å². The maximum Gasteiger partial charge on any atom is 0.224 e. The summed E-state index contributed by atoms with van der Waals surface area (Å²) >= 11 is 6.06. The summed E-state index contributed by atoms with van der Waals surface area (Å²) in [4.78, 5) is 12.1. The zero-order chi connectivity index (χ0) is 15.2. The van der Waals surface area contributed by atoms with Crippen LogP contribution in [0.1, 0.15) is 26.2 Å². The minimum Gasteiger partial charge on any atom is -0.495 e. The van der Waals surface area contributed by atoms with Crippen LogP contribution in [0.25, 0.3) is 0 Å². The molecule has 0 saturated carbocycles. The van der Waals surface area contributed by atoms with E-state index in [2.05, 4.69) is 17.6 Å². The number of carbonyl (C=O) groups excluding carboxylic acids is 1. The van der Waals surface area contributed by atoms with E-state index in [1.54, 1.807) is 25.3 Å². The summed E-state index contributed by atoms with van der Waals surface area (Å²) in [6.45, 7) is 4.28. The standard InChI is InChI=1S/C16H23ClN2O2.ClH/c1-11(12-5-7-18-8-6-12)9-16(20)19-13-3-4-15(21-2)14(17)10-13;/h3-4,10-12,18H,5-9H2,1-2H3,(H,19,20);1H. The van der Waals surface area contributed by atoms with E-state index in [4.69, 9.17) is 16.3 Å². The number of piperidine rings is 1. The lowest BCUT2D eigenvalue weighted by Gasteiger charge is -2.27. The molecule has 4 nitrogen and oxygen atoms in total. The van der Waals surface area contributed by atoms with E-state index >= 15 is 0 Å². The topological polar surface area (TPSA) is 50.4 Å². The van der Waals surface area contributed by atoms with Crippen LogP contribution in [0.3, 0.4) is 0 Å². The van der Waals surface area contributed by atoms with Crippen LogP contribution in [0.5, 0.6) is 5.75 Å². The van der Waals surface area contributed by atoms with Crippen molar-refractivity contribution in [1.82, 2.24) is 5.32 Å². The molecule has 124 valence electrons. The van der Waals surface area contributed by atoms with E-state index in [-0.39, 0.29) is 18.3 Å². The molecule has 1 aromatic rings. The molecule has 0 aliphatic carbocycles. The molecule has 1 amide bonds. The van der Waals surface area contributed by atoms with Crippen molar-refractivity contribution in [1.29, 1.82) is 0 Å². The van der Waals surface area contributed by atoms with Crippen LogP contribution in [-0.2, 0) is 4.79 Å². The molecule has 1 unspecified atom stereocenters. The van der Waals surface area contributed by atoms with E-state index in [1.165, 1.54) is 0 Å². The number of anilines is 1. The highest BCUT2D eigenvalue weighted by atomic mass is 35.5. The fourth-order valence-electron chi connectivity index (χ4n) is 2.83. The molecule has 0 radical (unpaired) electrons. The number of halogens is 2. The van der Waals surface area contributed by atoms with Crippen LogP contribution in [0.15, 0.2) is 18.2 Å². The van der Waals surface area contributed by atoms with Gasteiger partial charge in [0.2, 0.25) is 5.91 Å². The minimum atomic E-state index is 0. The SMILES string of the molecule is COc1ccc(NC(=O)CC(C)C2CCNCC2)cc1Cl.Cl. The minimum absolute atomic E-state index is 0. The first-order valence-corrected chi connectivity index (χ1v) is 7.82. The third-order valence-corrected chi connectivity index (χ3v) is 4.43. The molecule has 0 aromatic heterocycles. The number of hydrogen-bond acceptors (Lipinski definition) is 3. The monoisotopic (exact) mass is 346 g/mol. The number of nitrogens with one attached hydrogen (secondary N) is 2. The van der Waals surface area contributed by atoms with Crippen molar-refractivity contribution in [3.63, 3.8) is 0 Å². The average molecular weight is 347 g/mol. The molecular weight excluding hydrogens is 323 g/mol. The summed E-state index contributed by atoms with van der Waals surface area (Å²) in [5, 5.41) is 6.76. The second kappa shape index (κ2) is 9.23. The summed E-state index contributed by atoms with van der Waals surface area (Å²) in [5.74, 6) is 1.69. The molecule has 1 aliphatic rings. The van der Waals surface area contributed by atoms with Gasteiger partial charge in [0.1, 0.15) is 5.75 Å². The first-order chi connectivity index (χ1) is 10.1. The van der Waals surface area contributed by atoms with Gasteiger partial charge in [-0.3, -0.25) is 4.79 Å². The molecule has 0 spiro atoms. The Morgan fingerprint density at radius 3 is 2.73 bits per heavy atom. The van der Waals surface area contributed by atoms with Crippen molar-refractivity contribution in [2.24, 2.45) is 11.8 Å². The quantitative estimate of drug-likeness (QED) is 0.853. The van der Waals surface area contributed by atoms with Gasteiger partial charge in [-0.1, -0.05) is 18.5 Å². The van der Waals surface area contributed by atoms with E-state index in [0.717, 1.165) is 25.9 Å². The number of hydrogen-bond donors (Lipinski definition) is 2. The van der Waals surface area contributed by atoms with Gasteiger partial charge in [-0.05, 0) is 56.0 Å². The molecule has 6 heteroatoms. The fourth-order valence-corrected chi connectivity index (χ4v) is 3.09. The van der Waals surface area contributed by atoms with Gasteiger partial charge >= 0.3 is 0 Å². The van der Waals surface area contributed by atoms with Crippen LogP contribution in [0.2, 0.25) is 5.02 Å². The van der Waals surface area contributed by atoms with Gasteiger partial charge in [0.25, 0.3) is 0 Å². The van der Waals surface area contributed by atoms with Crippen LogP contribution in [-0.4, -0.2) is 26.1 Å². The van der Waals surface area contributed by atoms with Crippen LogP contribution >= 0.6 is 24.0 Å². The molecule has 2 rings (SSSR count). The summed E-state index contributed by atoms with van der Waals surface area (Å²) in [5.41, 5.74) is 0.711. The smallest absolute Gasteiger partial charge is 0.224 e. The number of rotatable bonds is 5. The molecule has 2 N–H and O–H groups in total. The molecular formula is C16H24Cl2N2O2. The Labute approximate surface area is 143 Å². The summed E-state index contributed by atoms with van der Waals surface area (Å²) in [7, 11) is 1.57. The van der Waals surface area contributed by atoms with E-state index in [0.29, 0.717) is 34.7 Å². The number of ether oxygens (including phenoxy) is 1. The second-order valence-corrected chi connectivity index (χ2v) is 6.07. The summed E-state index contributed by atoms with van der Waals surface area (Å²) in [6.07, 6.45) is 2.86. The largest absolute Gasteiger partial charge is 0.495 e. The van der Waals surface area contributed by atoms with Crippen molar-refractivity contribution >= 4 is 35.6 Å². The van der Waals surface area contributed by atoms with Gasteiger partial charge in [-0.25, -0.2) is 0 Å². The van der Waals surface area contributed by atoms with Gasteiger partial charge in [0, 0.05) is 12.1 Å². The lowest BCUT2D eigenvalue weighted by atomic mass is 9.84. The van der Waals surface area contributed by atoms with E-state index < -0.39 is 0 Å². The van der Waals surface area contributed by atoms with Gasteiger partial charge < -0.3 is 15.4 Å². The van der Waals surface area contributed by atoms with Crippen molar-refractivity contribution in [3.05, 3.63) is 23.2 Å². The Hall–Kier alpha value is -0.970. The number of amides is 1. The maximum absolute atomic E-state index is 12.1. The molecule has 1 aromatic carbocycles. The highest BCUT2D eigenvalue weighted by Crippen LogP contribution is 2.28. The molecule has 1 aliphatic heterocycles. The summed E-state index contributed by atoms with van der Waals surface area (Å²) in [6, 6.07) is 5.28. The average Bonchev–Trinajstić information content (AvgIpc) is 2.48. The van der Waals surface area contributed by atoms with Crippen molar-refractivity contribution in [2.75, 3.05) is 25.5 Å². The Balaban J connectivity index is 0.00000242. The Morgan fingerprint density at radius 2 is 2.14 bits per heavy atom. The zero-order valence-electron chi connectivity index (χ0n) is 13.0. The Morgan fingerprint density at radius 1 is 1.45 bits per heavy atom. The Bertz CT molecular complexity index is 491. The molecule has 1 fully saturated rings. The number of benzene rings is 1. The first-order valence-electron chi connectivity index (χ1n) is 7.44. The van der Waals surface area contributed by atoms with Gasteiger partial charge in [-0.15, -0.1) is 12.4 Å². The van der Waals surface area contributed by atoms with Gasteiger partial charge in [0.15, 0.2) is 0 Å². The van der Waals surface area contributed by atoms with Gasteiger partial charge in [-0.2, -0.15) is 0 Å². The number of methoxy groups -OCH3 is 1. The molecule has 0 bridgehead atoms. The molecule has 1 heterocycles. The highest BCUT2D eigenvalue weighted by molar-refractivity contribution is 6.32. The van der Waals surface area contributed by atoms with E-state index in [9.17, 15) is 4.79 Å². The predicted molar refractivity (Wildman–Crippen MR) is 93.3 cm³/mol. The lowest BCUT2D eigenvalue weighted by Crippen LogP contribution is -2.32. The Kier molecular flexibility index (Phi) is 8.01. The van der Waals surface area contributed by atoms with Crippen LogP contribution in [0.4, 0.5) is 5.69 Å². The molecule has 1 saturated heterocycles. The maximum atomic E-state index is 12.1. The third kappa shape index (κ3) is 5.34. The van der Waals surface area contributed by atoms with Crippen molar-refractivity contribution < 1.29 is 9.53 Å². The zero-order valence-corrected chi connectivity index (χ0v) is 14.6. The first kappa shape index (κ1) is 19.1. The molecule has 1 atom stereocenters. The second-order valence-electron chi connectivity index (χ2n) is 5.67. The van der Waals surface area contributed by atoms with Crippen LogP contribution in [0, 0.1) is 11.8 Å². The predicted octanol–water partition coefficient (Wildman–Crippen LogP) is 3.73. The van der Waals surface area contributed by atoms with Gasteiger partial charge in [0.05, 0.1) is 12.1 Å². The summed E-state index contributed by atoms with van der Waals surface area (Å²) < 4.78 is 5.10. The highest BCUT2D eigenvalue weighted by Gasteiger charge is 2.22. The third-order valence-electron chi connectivity index (χ3n) is 4.13. The number of carbonyl (C=O) groups is 1. The normalized spacial score (nSPS) is 16.5.